The summed E-state index contributed by atoms with van der Waals surface area (Å²) in [6.07, 6.45) is 2.40. The molecule has 1 aromatic rings. The monoisotopic (exact) mass is 675 g/mol. The predicted octanol–water partition coefficient (Wildman–Crippen LogP) is 1.10. The third-order valence-electron chi connectivity index (χ3n) is 4.77. The number of nitrogens with zero attached hydrogens (tertiary/aromatic N) is 1. The second-order valence-electron chi connectivity index (χ2n) is 6.10. The maximum atomic E-state index is 12.9. The Morgan fingerprint density at radius 1 is 0.857 bits per heavy atom. The molecule has 2 unspecified atom stereocenters. The van der Waals surface area contributed by atoms with Gasteiger partial charge in [-0.25, -0.2) is 4.79 Å². The average molecular weight is 675 g/mol. The number of carbonyl (C=O) groups excluding carboxylic acids is 3. The minimum atomic E-state index is -1.95. The summed E-state index contributed by atoms with van der Waals surface area (Å²) in [6.45, 7) is 34.4. The minimum absolute atomic E-state index is 0. The molecule has 1 aliphatic rings. The molecule has 1 fully saturated rings. The Balaban J connectivity index is -0.000000155. The molecule has 0 bridgehead atoms. The van der Waals surface area contributed by atoms with Gasteiger partial charge in [-0.1, -0.05) is 6.58 Å². The molecular formula is C26H23Co2NO13. The molecule has 1 aromatic carbocycles. The topological polar surface area (TPSA) is 211 Å². The summed E-state index contributed by atoms with van der Waals surface area (Å²) < 4.78 is 65.1. The average Bonchev–Trinajstić information content (AvgIpc) is 3.42. The fourth-order valence-corrected chi connectivity index (χ4v) is 3.53. The van der Waals surface area contributed by atoms with E-state index in [4.69, 9.17) is 53.4 Å². The van der Waals surface area contributed by atoms with Crippen molar-refractivity contribution in [3.8, 4) is 5.75 Å². The van der Waals surface area contributed by atoms with Gasteiger partial charge in [0.25, 0.3) is 0 Å². The minimum Gasteiger partial charge on any atom is -0.497 e. The number of rotatable bonds is 7. The summed E-state index contributed by atoms with van der Waals surface area (Å²) in [6, 6.07) is 4.63. The van der Waals surface area contributed by atoms with Gasteiger partial charge >= 0.3 is 85.7 Å². The molecule has 0 spiro atoms. The van der Waals surface area contributed by atoms with Crippen LogP contribution in [0.3, 0.4) is 0 Å². The Morgan fingerprint density at radius 2 is 1.24 bits per heavy atom. The molecule has 1 aliphatic heterocycles. The van der Waals surface area contributed by atoms with Crippen molar-refractivity contribution in [3.05, 3.63) is 76.8 Å². The number of carbonyl (C=O) groups is 3. The van der Waals surface area contributed by atoms with Crippen LogP contribution >= 0.6 is 0 Å². The largest absolute Gasteiger partial charge is 0.497 e. The molecule has 0 amide bonds. The van der Waals surface area contributed by atoms with Gasteiger partial charge in [0.15, 0.2) is 11.5 Å². The van der Waals surface area contributed by atoms with Crippen molar-refractivity contribution >= 4 is 23.6 Å². The molecule has 0 saturated carbocycles. The fourth-order valence-electron chi connectivity index (χ4n) is 3.53. The number of anilines is 1. The molecule has 0 aromatic heterocycles. The Hall–Kier alpha value is -3.58. The van der Waals surface area contributed by atoms with Gasteiger partial charge in [-0.05, 0) is 37.3 Å². The van der Waals surface area contributed by atoms with Gasteiger partial charge in [0, 0.05) is 45.7 Å². The van der Waals surface area contributed by atoms with Crippen LogP contribution in [0.1, 0.15) is 13.3 Å². The van der Waals surface area contributed by atoms with Gasteiger partial charge in [-0.15, -0.1) is 0 Å². The Labute approximate surface area is 264 Å². The van der Waals surface area contributed by atoms with Crippen molar-refractivity contribution in [3.63, 3.8) is 0 Å². The molecule has 228 valence electrons. The first-order valence-corrected chi connectivity index (χ1v) is 9.85. The van der Waals surface area contributed by atoms with Gasteiger partial charge in [0.2, 0.25) is 0 Å². The van der Waals surface area contributed by atoms with Crippen LogP contribution in [0, 0.1) is 58.0 Å². The predicted molar refractivity (Wildman–Crippen MR) is 122 cm³/mol. The van der Waals surface area contributed by atoms with Crippen LogP contribution in [0.25, 0.3) is 0 Å². The molecule has 14 nitrogen and oxygen atoms in total. The molecule has 1 saturated heterocycles. The van der Waals surface area contributed by atoms with E-state index in [-0.39, 0.29) is 46.6 Å². The van der Waals surface area contributed by atoms with E-state index >= 15 is 0 Å². The SMILES string of the molecule is [C-]#[O+].[C-]#[O+].[C-]#[O+].[C-]#[O+].[C-]#[O+].[C-]#[O+].[CH]=[C]C1CC(C(=O)OC)(C(=O)OC)C(C(=O)OCC)N1c1ccc(OC)cc1.[Co].[Co]. The van der Waals surface area contributed by atoms with E-state index in [9.17, 15) is 14.4 Å². The fraction of sp³-hybridized carbons (Fsp3) is 0.346. The van der Waals surface area contributed by atoms with E-state index in [0.717, 1.165) is 14.2 Å². The summed E-state index contributed by atoms with van der Waals surface area (Å²) in [5.41, 5.74) is -1.43. The van der Waals surface area contributed by atoms with Gasteiger partial charge < -0.3 is 23.8 Å². The third-order valence-corrected chi connectivity index (χ3v) is 4.77. The van der Waals surface area contributed by atoms with Crippen LogP contribution in [0.5, 0.6) is 5.75 Å². The van der Waals surface area contributed by atoms with Crippen LogP contribution in [-0.2, 0) is 90.1 Å². The first-order valence-electron chi connectivity index (χ1n) is 9.85. The second kappa shape index (κ2) is 35.4. The maximum absolute atomic E-state index is 12.9. The number of methoxy groups -OCH3 is 3. The van der Waals surface area contributed by atoms with Crippen LogP contribution in [0.4, 0.5) is 5.69 Å². The second-order valence-corrected chi connectivity index (χ2v) is 6.10. The van der Waals surface area contributed by atoms with Crippen molar-refractivity contribution in [2.75, 3.05) is 32.8 Å². The zero-order valence-electron chi connectivity index (χ0n) is 22.4. The van der Waals surface area contributed by atoms with Crippen molar-refractivity contribution < 1.29 is 94.8 Å². The van der Waals surface area contributed by atoms with Crippen LogP contribution in [-0.4, -0.2) is 57.9 Å². The van der Waals surface area contributed by atoms with E-state index in [2.05, 4.69) is 46.0 Å². The molecular weight excluding hydrogens is 652 g/mol. The first-order chi connectivity index (χ1) is 19.4. The number of hydrogen-bond acceptors (Lipinski definition) is 8. The maximum Gasteiger partial charge on any atom is 0.330 e. The summed E-state index contributed by atoms with van der Waals surface area (Å²) in [7, 11) is 3.79. The summed E-state index contributed by atoms with van der Waals surface area (Å²) in [4.78, 5) is 39.9. The van der Waals surface area contributed by atoms with E-state index in [1.165, 1.54) is 12.0 Å². The summed E-state index contributed by atoms with van der Waals surface area (Å²) in [5.74, 6) is -1.99. The Kier molecular flexibility index (Phi) is 46.0. The standard InChI is InChI=1S/C20H23NO7.6CO.2Co/c1-6-13-12-20(18(23)26-4,19(24)27-5)16(17(22)28-7-2)21(13)14-8-10-15(25-3)11-9-14;6*1-2;;/h1,8-11,13,16H,7,12H2,2-5H3;;;;;;;;. The molecule has 2 atom stereocenters. The van der Waals surface area contributed by atoms with Crippen LogP contribution < -0.4 is 9.64 Å². The zero-order chi connectivity index (χ0) is 32.9. The summed E-state index contributed by atoms with van der Waals surface area (Å²) in [5, 5.41) is 0. The third kappa shape index (κ3) is 14.4. The molecule has 42 heavy (non-hydrogen) atoms. The smallest absolute Gasteiger partial charge is 0.330 e. The van der Waals surface area contributed by atoms with Gasteiger partial charge in [0.05, 0.1) is 34.0 Å². The van der Waals surface area contributed by atoms with Gasteiger partial charge in [0.1, 0.15) is 5.75 Å². The Bertz CT molecular complexity index is 952. The van der Waals surface area contributed by atoms with Crippen molar-refractivity contribution in [1.29, 1.82) is 0 Å². The number of hydrogen-bond donors (Lipinski definition) is 0. The Morgan fingerprint density at radius 3 is 1.52 bits per heavy atom. The molecule has 16 heteroatoms. The van der Waals surface area contributed by atoms with E-state index in [1.807, 2.05) is 0 Å². The summed E-state index contributed by atoms with van der Waals surface area (Å²) >= 11 is 0. The number of esters is 3. The van der Waals surface area contributed by atoms with Crippen LogP contribution in [0.2, 0.25) is 0 Å². The number of benzene rings is 1. The number of ether oxygens (including phenoxy) is 4. The molecule has 4 radical (unpaired) electrons. The first kappa shape index (κ1) is 54.5. The normalized spacial score (nSPS) is 13.8. The molecule has 1 heterocycles. The quantitative estimate of drug-likeness (QED) is 0.134. The van der Waals surface area contributed by atoms with Crippen molar-refractivity contribution in [1.82, 2.24) is 0 Å². The molecule has 0 aliphatic carbocycles. The molecule has 2 rings (SSSR count). The molecule has 0 N–H and O–H groups in total. The van der Waals surface area contributed by atoms with Crippen LogP contribution in [0.15, 0.2) is 24.3 Å². The van der Waals surface area contributed by atoms with Crippen molar-refractivity contribution in [2.24, 2.45) is 5.41 Å². The zero-order valence-corrected chi connectivity index (χ0v) is 24.5. The van der Waals surface area contributed by atoms with Gasteiger partial charge in [-0.2, -0.15) is 0 Å². The van der Waals surface area contributed by atoms with E-state index in [1.54, 1.807) is 31.2 Å². The van der Waals surface area contributed by atoms with Gasteiger partial charge in [-0.3, -0.25) is 9.59 Å². The van der Waals surface area contributed by atoms with Crippen molar-refractivity contribution in [2.45, 2.75) is 25.4 Å². The van der Waals surface area contributed by atoms with E-state index in [0.29, 0.717) is 11.4 Å². The van der Waals surface area contributed by atoms with E-state index < -0.39 is 35.4 Å².